The maximum Gasteiger partial charge on any atom is 0.129 e. The highest BCUT2D eigenvalue weighted by Gasteiger charge is 2.31. The van der Waals surface area contributed by atoms with Crippen LogP contribution in [-0.2, 0) is 0 Å². The van der Waals surface area contributed by atoms with Crippen molar-refractivity contribution in [3.05, 3.63) is 35.4 Å². The van der Waals surface area contributed by atoms with Crippen LogP contribution in [0.4, 0.5) is 8.78 Å². The molecule has 2 rings (SSSR count). The molecule has 3 heteroatoms. The number of hydrogen-bond acceptors (Lipinski definition) is 1. The number of rotatable bonds is 4. The Labute approximate surface area is 101 Å². The molecule has 17 heavy (non-hydrogen) atoms. The highest BCUT2D eigenvalue weighted by atomic mass is 19.1. The molecular weight excluding hydrogens is 220 g/mol. The molecule has 0 bridgehead atoms. The van der Waals surface area contributed by atoms with Crippen molar-refractivity contribution in [3.63, 3.8) is 0 Å². The van der Waals surface area contributed by atoms with E-state index in [1.165, 1.54) is 18.2 Å². The minimum atomic E-state index is -0.390. The van der Waals surface area contributed by atoms with Crippen LogP contribution in [0, 0.1) is 17.6 Å². The first-order chi connectivity index (χ1) is 8.24. The van der Waals surface area contributed by atoms with Crippen molar-refractivity contribution in [2.75, 3.05) is 13.1 Å². The Hall–Kier alpha value is -0.960. The van der Waals surface area contributed by atoms with E-state index in [-0.39, 0.29) is 5.92 Å². The zero-order valence-electron chi connectivity index (χ0n) is 10.2. The second kappa shape index (κ2) is 5.58. The Morgan fingerprint density at radius 2 is 1.94 bits per heavy atom. The van der Waals surface area contributed by atoms with E-state index in [0.717, 1.165) is 32.4 Å². The minimum Gasteiger partial charge on any atom is -0.317 e. The maximum atomic E-state index is 13.7. The van der Waals surface area contributed by atoms with Crippen molar-refractivity contribution in [1.29, 1.82) is 0 Å². The fourth-order valence-corrected chi connectivity index (χ4v) is 2.86. The summed E-state index contributed by atoms with van der Waals surface area (Å²) < 4.78 is 27.5. The van der Waals surface area contributed by atoms with E-state index in [1.807, 2.05) is 6.92 Å². The van der Waals surface area contributed by atoms with Crippen LogP contribution in [0.2, 0.25) is 0 Å². The number of nitrogens with one attached hydrogen (secondary N) is 1. The molecule has 0 aliphatic heterocycles. The van der Waals surface area contributed by atoms with Crippen molar-refractivity contribution in [1.82, 2.24) is 5.32 Å². The lowest BCUT2D eigenvalue weighted by molar-refractivity contribution is 0.421. The van der Waals surface area contributed by atoms with Crippen LogP contribution in [0.5, 0.6) is 0 Å². The van der Waals surface area contributed by atoms with E-state index in [9.17, 15) is 8.78 Å². The van der Waals surface area contributed by atoms with Gasteiger partial charge in [0, 0.05) is 5.56 Å². The first kappa shape index (κ1) is 12.5. The van der Waals surface area contributed by atoms with Crippen LogP contribution in [-0.4, -0.2) is 13.1 Å². The van der Waals surface area contributed by atoms with Crippen LogP contribution in [0.1, 0.15) is 37.7 Å². The molecule has 1 fully saturated rings. The van der Waals surface area contributed by atoms with E-state index in [2.05, 4.69) is 5.32 Å². The van der Waals surface area contributed by atoms with Gasteiger partial charge in [0.15, 0.2) is 0 Å². The second-order valence-corrected chi connectivity index (χ2v) is 4.74. The van der Waals surface area contributed by atoms with E-state index >= 15 is 0 Å². The summed E-state index contributed by atoms with van der Waals surface area (Å²) in [6.45, 7) is 3.81. The van der Waals surface area contributed by atoms with E-state index in [0.29, 0.717) is 11.5 Å². The van der Waals surface area contributed by atoms with Gasteiger partial charge in [-0.2, -0.15) is 0 Å². The Morgan fingerprint density at radius 3 is 2.59 bits per heavy atom. The number of halogens is 2. The normalized spacial score (nSPS) is 24.2. The third-order valence-electron chi connectivity index (χ3n) is 3.69. The molecule has 0 spiro atoms. The van der Waals surface area contributed by atoms with Crippen molar-refractivity contribution < 1.29 is 8.78 Å². The molecule has 0 aromatic heterocycles. The fourth-order valence-electron chi connectivity index (χ4n) is 2.86. The summed E-state index contributed by atoms with van der Waals surface area (Å²) in [6.07, 6.45) is 3.02. The summed E-state index contributed by atoms with van der Waals surface area (Å²) in [5.41, 5.74) is 0.299. The average Bonchev–Trinajstić information content (AvgIpc) is 2.74. The molecule has 1 aromatic carbocycles. The standard InChI is InChI=1S/C14H19F2N/c1-2-17-9-10-5-3-6-11(10)14-12(15)7-4-8-13(14)16/h4,7-8,10-11,17H,2-3,5-6,9H2,1H3. The molecular formula is C14H19F2N. The summed E-state index contributed by atoms with van der Waals surface area (Å²) in [7, 11) is 0. The molecule has 2 atom stereocenters. The molecule has 94 valence electrons. The van der Waals surface area contributed by atoms with E-state index in [4.69, 9.17) is 0 Å². The smallest absolute Gasteiger partial charge is 0.129 e. The molecule has 0 saturated heterocycles. The molecule has 0 heterocycles. The Bertz CT molecular complexity index is 358. The lowest BCUT2D eigenvalue weighted by Gasteiger charge is -2.21. The number of benzene rings is 1. The quantitative estimate of drug-likeness (QED) is 0.848. The zero-order valence-corrected chi connectivity index (χ0v) is 10.2. The third kappa shape index (κ3) is 2.65. The lowest BCUT2D eigenvalue weighted by Crippen LogP contribution is -2.25. The lowest BCUT2D eigenvalue weighted by atomic mass is 9.88. The first-order valence-corrected chi connectivity index (χ1v) is 6.38. The molecule has 0 amide bonds. The second-order valence-electron chi connectivity index (χ2n) is 4.74. The summed E-state index contributed by atoms with van der Waals surface area (Å²) >= 11 is 0. The van der Waals surface area contributed by atoms with Crippen LogP contribution in [0.3, 0.4) is 0 Å². The molecule has 1 aliphatic rings. The van der Waals surface area contributed by atoms with Crippen molar-refractivity contribution in [2.24, 2.45) is 5.92 Å². The summed E-state index contributed by atoms with van der Waals surface area (Å²) in [6, 6.07) is 4.16. The SMILES string of the molecule is CCNCC1CCCC1c1c(F)cccc1F. The Morgan fingerprint density at radius 1 is 1.24 bits per heavy atom. The van der Waals surface area contributed by atoms with Gasteiger partial charge in [0.1, 0.15) is 11.6 Å². The molecule has 0 radical (unpaired) electrons. The molecule has 1 aliphatic carbocycles. The van der Waals surface area contributed by atoms with Gasteiger partial charge in [-0.1, -0.05) is 19.4 Å². The van der Waals surface area contributed by atoms with Crippen molar-refractivity contribution >= 4 is 0 Å². The third-order valence-corrected chi connectivity index (χ3v) is 3.69. The van der Waals surface area contributed by atoms with Gasteiger partial charge < -0.3 is 5.32 Å². The Balaban J connectivity index is 2.20. The molecule has 1 saturated carbocycles. The first-order valence-electron chi connectivity index (χ1n) is 6.38. The van der Waals surface area contributed by atoms with Gasteiger partial charge in [-0.3, -0.25) is 0 Å². The summed E-state index contributed by atoms with van der Waals surface area (Å²) in [5.74, 6) is -0.381. The minimum absolute atomic E-state index is 0.0373. The van der Waals surface area contributed by atoms with Gasteiger partial charge in [0.2, 0.25) is 0 Å². The van der Waals surface area contributed by atoms with Gasteiger partial charge in [-0.15, -0.1) is 0 Å². The number of hydrogen-bond donors (Lipinski definition) is 1. The van der Waals surface area contributed by atoms with Crippen LogP contribution >= 0.6 is 0 Å². The predicted molar refractivity (Wildman–Crippen MR) is 65.0 cm³/mol. The summed E-state index contributed by atoms with van der Waals surface area (Å²) in [4.78, 5) is 0. The molecule has 1 nitrogen and oxygen atoms in total. The van der Waals surface area contributed by atoms with E-state index in [1.54, 1.807) is 0 Å². The highest BCUT2D eigenvalue weighted by Crippen LogP contribution is 2.41. The molecule has 2 unspecified atom stereocenters. The monoisotopic (exact) mass is 239 g/mol. The Kier molecular flexibility index (Phi) is 4.11. The fraction of sp³-hybridized carbons (Fsp3) is 0.571. The van der Waals surface area contributed by atoms with Gasteiger partial charge >= 0.3 is 0 Å². The average molecular weight is 239 g/mol. The van der Waals surface area contributed by atoms with Crippen LogP contribution in [0.25, 0.3) is 0 Å². The topological polar surface area (TPSA) is 12.0 Å². The highest BCUT2D eigenvalue weighted by molar-refractivity contribution is 5.25. The molecule has 1 N–H and O–H groups in total. The van der Waals surface area contributed by atoms with E-state index < -0.39 is 11.6 Å². The van der Waals surface area contributed by atoms with Crippen molar-refractivity contribution in [3.8, 4) is 0 Å². The van der Waals surface area contributed by atoms with Crippen LogP contribution < -0.4 is 5.32 Å². The molecule has 1 aromatic rings. The van der Waals surface area contributed by atoms with Crippen LogP contribution in [0.15, 0.2) is 18.2 Å². The van der Waals surface area contributed by atoms with Gasteiger partial charge in [-0.25, -0.2) is 8.78 Å². The van der Waals surface area contributed by atoms with Gasteiger partial charge in [-0.05, 0) is 49.9 Å². The summed E-state index contributed by atoms with van der Waals surface area (Å²) in [5, 5.41) is 3.28. The van der Waals surface area contributed by atoms with Crippen molar-refractivity contribution in [2.45, 2.75) is 32.1 Å². The van der Waals surface area contributed by atoms with Gasteiger partial charge in [0.05, 0.1) is 0 Å². The van der Waals surface area contributed by atoms with Gasteiger partial charge in [0.25, 0.3) is 0 Å². The zero-order chi connectivity index (χ0) is 12.3. The maximum absolute atomic E-state index is 13.7. The largest absolute Gasteiger partial charge is 0.317 e. The predicted octanol–water partition coefficient (Wildman–Crippen LogP) is 3.46.